The maximum atomic E-state index is 13.7. The van der Waals surface area contributed by atoms with Crippen molar-refractivity contribution in [3.63, 3.8) is 0 Å². The largest absolute Gasteiger partial charge is 0.224 e. The molecule has 5 heteroatoms. The minimum Gasteiger partial charge on any atom is -0.224 e. The number of hydrogen-bond donors (Lipinski definition) is 0. The summed E-state index contributed by atoms with van der Waals surface area (Å²) in [5.41, 5.74) is 3.07. The lowest BCUT2D eigenvalue weighted by Crippen LogP contribution is -2.00. The van der Waals surface area contributed by atoms with E-state index in [4.69, 9.17) is 0 Å². The van der Waals surface area contributed by atoms with E-state index in [9.17, 15) is 12.8 Å². The Morgan fingerprint density at radius 3 is 1.90 bits per heavy atom. The number of rotatable bonds is 3. The fraction of sp³-hybridized carbons (Fsp3) is 0.250. The molecule has 0 amide bonds. The first kappa shape index (κ1) is 16.2. The molecule has 112 valence electrons. The van der Waals surface area contributed by atoms with E-state index in [0.717, 1.165) is 11.1 Å². The first-order chi connectivity index (χ1) is 9.70. The van der Waals surface area contributed by atoms with E-state index in [1.54, 1.807) is 50.2 Å². The van der Waals surface area contributed by atoms with Crippen LogP contribution >= 0.6 is 15.9 Å². The molecule has 0 aliphatic heterocycles. The molecule has 0 aliphatic carbocycles. The Labute approximate surface area is 133 Å². The van der Waals surface area contributed by atoms with Gasteiger partial charge in [-0.2, -0.15) is 0 Å². The average Bonchev–Trinajstić information content (AvgIpc) is 2.42. The molecule has 0 heterocycles. The van der Waals surface area contributed by atoms with Gasteiger partial charge in [-0.15, -0.1) is 0 Å². The van der Waals surface area contributed by atoms with Crippen molar-refractivity contribution in [2.24, 2.45) is 0 Å². The smallest absolute Gasteiger partial charge is 0.175 e. The molecular formula is C16H16BrFO2S. The lowest BCUT2D eigenvalue weighted by Gasteiger charge is -2.14. The van der Waals surface area contributed by atoms with Gasteiger partial charge in [0.25, 0.3) is 0 Å². The molecule has 2 aromatic rings. The van der Waals surface area contributed by atoms with Gasteiger partial charge in [-0.05, 0) is 48.2 Å². The van der Waals surface area contributed by atoms with Crippen LogP contribution in [0.25, 0.3) is 0 Å². The normalized spacial score (nSPS) is 13.2. The minimum absolute atomic E-state index is 0.107. The number of sulfone groups is 1. The van der Waals surface area contributed by atoms with Crippen LogP contribution in [0.5, 0.6) is 0 Å². The third kappa shape index (κ3) is 3.52. The Bertz CT molecular complexity index is 744. The monoisotopic (exact) mass is 370 g/mol. The average molecular weight is 371 g/mol. The number of halogens is 2. The lowest BCUT2D eigenvalue weighted by atomic mass is 10.00. The van der Waals surface area contributed by atoms with Gasteiger partial charge in [0.15, 0.2) is 9.84 Å². The summed E-state index contributed by atoms with van der Waals surface area (Å²) in [7, 11) is -3.19. The molecule has 1 unspecified atom stereocenters. The Morgan fingerprint density at radius 1 is 1.00 bits per heavy atom. The van der Waals surface area contributed by atoms with Crippen LogP contribution in [0.3, 0.4) is 0 Å². The predicted molar refractivity (Wildman–Crippen MR) is 86.2 cm³/mol. The molecule has 0 N–H and O–H groups in total. The fourth-order valence-electron chi connectivity index (χ4n) is 2.20. The molecule has 0 spiro atoms. The van der Waals surface area contributed by atoms with Gasteiger partial charge < -0.3 is 0 Å². The summed E-state index contributed by atoms with van der Waals surface area (Å²) in [6, 6.07) is 10.3. The van der Waals surface area contributed by atoms with E-state index < -0.39 is 9.84 Å². The van der Waals surface area contributed by atoms with Gasteiger partial charge in [0, 0.05) is 6.26 Å². The van der Waals surface area contributed by atoms with Crippen LogP contribution in [-0.4, -0.2) is 14.7 Å². The lowest BCUT2D eigenvalue weighted by molar-refractivity contribution is 0.601. The molecule has 0 radical (unpaired) electrons. The topological polar surface area (TPSA) is 34.1 Å². The number of aryl methyl sites for hydroxylation is 2. The summed E-state index contributed by atoms with van der Waals surface area (Å²) in [5, 5.41) is 0. The summed E-state index contributed by atoms with van der Waals surface area (Å²) in [6.07, 6.45) is 1.18. The summed E-state index contributed by atoms with van der Waals surface area (Å²) < 4.78 is 36.6. The zero-order valence-electron chi connectivity index (χ0n) is 12.0. The molecule has 2 nitrogen and oxygen atoms in total. The van der Waals surface area contributed by atoms with E-state index >= 15 is 0 Å². The van der Waals surface area contributed by atoms with Crippen molar-refractivity contribution in [3.05, 3.63) is 64.5 Å². The number of hydrogen-bond acceptors (Lipinski definition) is 2. The highest BCUT2D eigenvalue weighted by molar-refractivity contribution is 9.09. The van der Waals surface area contributed by atoms with E-state index in [1.165, 1.54) is 6.26 Å². The van der Waals surface area contributed by atoms with Crippen LogP contribution in [0.15, 0.2) is 41.3 Å². The first-order valence-corrected chi connectivity index (χ1v) is 9.21. The Kier molecular flexibility index (Phi) is 4.54. The predicted octanol–water partition coefficient (Wildman–Crippen LogP) is 4.33. The van der Waals surface area contributed by atoms with Crippen molar-refractivity contribution in [1.29, 1.82) is 0 Å². The highest BCUT2D eigenvalue weighted by atomic mass is 79.9. The molecule has 21 heavy (non-hydrogen) atoms. The molecule has 2 rings (SSSR count). The highest BCUT2D eigenvalue weighted by Gasteiger charge is 2.15. The number of benzene rings is 2. The first-order valence-electron chi connectivity index (χ1n) is 6.41. The van der Waals surface area contributed by atoms with E-state index in [0.29, 0.717) is 11.1 Å². The van der Waals surface area contributed by atoms with Gasteiger partial charge in [0.2, 0.25) is 0 Å². The molecular weight excluding hydrogens is 355 g/mol. The fourth-order valence-corrected chi connectivity index (χ4v) is 3.40. The second-order valence-corrected chi connectivity index (χ2v) is 8.10. The summed E-state index contributed by atoms with van der Waals surface area (Å²) in [5.74, 6) is -0.189. The van der Waals surface area contributed by atoms with E-state index in [2.05, 4.69) is 15.9 Å². The molecule has 2 aromatic carbocycles. The second-order valence-electron chi connectivity index (χ2n) is 5.17. The van der Waals surface area contributed by atoms with Gasteiger partial charge in [-0.25, -0.2) is 12.8 Å². The van der Waals surface area contributed by atoms with Crippen LogP contribution in [0.4, 0.5) is 4.39 Å². The Balaban J connectivity index is 2.38. The maximum absolute atomic E-state index is 13.7. The third-order valence-corrected chi connectivity index (χ3v) is 5.54. The van der Waals surface area contributed by atoms with Gasteiger partial charge in [-0.1, -0.05) is 40.2 Å². The third-order valence-electron chi connectivity index (χ3n) is 3.35. The Morgan fingerprint density at radius 2 is 1.48 bits per heavy atom. The van der Waals surface area contributed by atoms with Crippen LogP contribution in [-0.2, 0) is 9.84 Å². The Hall–Kier alpha value is -1.20. The SMILES string of the molecule is Cc1cc(C(Br)c2ccc(S(C)(=O)=O)cc2)cc(C)c1F. The van der Waals surface area contributed by atoms with Crippen molar-refractivity contribution in [2.45, 2.75) is 23.6 Å². The molecule has 0 saturated carbocycles. The highest BCUT2D eigenvalue weighted by Crippen LogP contribution is 2.33. The van der Waals surface area contributed by atoms with Crippen LogP contribution in [0, 0.1) is 19.7 Å². The zero-order chi connectivity index (χ0) is 15.8. The van der Waals surface area contributed by atoms with Gasteiger partial charge in [0.05, 0.1) is 9.72 Å². The van der Waals surface area contributed by atoms with Crippen LogP contribution in [0.1, 0.15) is 27.1 Å². The van der Waals surface area contributed by atoms with Crippen molar-refractivity contribution >= 4 is 25.8 Å². The van der Waals surface area contributed by atoms with Crippen molar-refractivity contribution in [2.75, 3.05) is 6.26 Å². The standard InChI is InChI=1S/C16H16BrFO2S/c1-10-8-13(9-11(2)16(10)18)15(17)12-4-6-14(7-5-12)21(3,19)20/h4-9,15H,1-3H3. The van der Waals surface area contributed by atoms with Crippen molar-refractivity contribution in [3.8, 4) is 0 Å². The van der Waals surface area contributed by atoms with Gasteiger partial charge in [0.1, 0.15) is 5.82 Å². The molecule has 0 fully saturated rings. The summed E-state index contributed by atoms with van der Waals surface area (Å²) in [4.78, 5) is 0.182. The molecule has 0 saturated heterocycles. The van der Waals surface area contributed by atoms with E-state index in [1.807, 2.05) is 0 Å². The zero-order valence-corrected chi connectivity index (χ0v) is 14.4. The van der Waals surface area contributed by atoms with Gasteiger partial charge >= 0.3 is 0 Å². The minimum atomic E-state index is -3.19. The molecule has 0 bridgehead atoms. The summed E-state index contributed by atoms with van der Waals surface area (Å²) >= 11 is 3.59. The number of alkyl halides is 1. The second kappa shape index (κ2) is 5.89. The van der Waals surface area contributed by atoms with Crippen molar-refractivity contribution < 1.29 is 12.8 Å². The van der Waals surface area contributed by atoms with Crippen molar-refractivity contribution in [1.82, 2.24) is 0 Å². The maximum Gasteiger partial charge on any atom is 0.175 e. The van der Waals surface area contributed by atoms with Gasteiger partial charge in [-0.3, -0.25) is 0 Å². The molecule has 0 aliphatic rings. The summed E-state index contributed by atoms with van der Waals surface area (Å²) in [6.45, 7) is 3.47. The van der Waals surface area contributed by atoms with E-state index in [-0.39, 0.29) is 15.5 Å². The molecule has 1 atom stereocenters. The quantitative estimate of drug-likeness (QED) is 0.753. The van der Waals surface area contributed by atoms with Crippen LogP contribution < -0.4 is 0 Å². The molecule has 0 aromatic heterocycles. The van der Waals surface area contributed by atoms with Crippen LogP contribution in [0.2, 0.25) is 0 Å².